The largest absolute Gasteiger partial charge is 0.475 e. The number of nitrogens with one attached hydrogen (secondary N) is 1. The topological polar surface area (TPSA) is 60.5 Å². The van der Waals surface area contributed by atoms with Gasteiger partial charge in [0.05, 0.1) is 6.54 Å². The molecule has 0 atom stereocenters. The Morgan fingerprint density at radius 2 is 2.21 bits per heavy atom. The number of hydrogen-bond donors (Lipinski definition) is 1. The molecule has 1 N–H and O–H groups in total. The van der Waals surface area contributed by atoms with Crippen LogP contribution in [0.5, 0.6) is 5.88 Å². The fraction of sp³-hybridized carbons (Fsp3) is 0.500. The Hall–Kier alpha value is -1.01. The SMILES string of the molecule is CC(C)(C)OC(=O)NCCOc1ncc(Br)cc1Cl. The minimum atomic E-state index is -0.512. The van der Waals surface area contributed by atoms with Gasteiger partial charge in [0.25, 0.3) is 0 Å². The normalized spacial score (nSPS) is 11.0. The molecule has 0 radical (unpaired) electrons. The van der Waals surface area contributed by atoms with Gasteiger partial charge in [0.1, 0.15) is 17.2 Å². The van der Waals surface area contributed by atoms with Gasteiger partial charge in [-0.15, -0.1) is 0 Å². The van der Waals surface area contributed by atoms with Gasteiger partial charge >= 0.3 is 6.09 Å². The quantitative estimate of drug-likeness (QED) is 0.845. The molecule has 0 unspecified atom stereocenters. The lowest BCUT2D eigenvalue weighted by atomic mass is 10.2. The number of alkyl carbamates (subject to hydrolysis) is 1. The Morgan fingerprint density at radius 1 is 1.53 bits per heavy atom. The summed E-state index contributed by atoms with van der Waals surface area (Å²) < 4.78 is 11.2. The fourth-order valence-electron chi connectivity index (χ4n) is 1.12. The van der Waals surface area contributed by atoms with Gasteiger partial charge < -0.3 is 14.8 Å². The minimum Gasteiger partial charge on any atom is -0.475 e. The van der Waals surface area contributed by atoms with E-state index < -0.39 is 11.7 Å². The van der Waals surface area contributed by atoms with Gasteiger partial charge in [0, 0.05) is 10.7 Å². The summed E-state index contributed by atoms with van der Waals surface area (Å²) in [5, 5.41) is 2.98. The second-order valence-corrected chi connectivity index (χ2v) is 6.04. The Balaban J connectivity index is 2.29. The molecule has 19 heavy (non-hydrogen) atoms. The maximum absolute atomic E-state index is 11.3. The first-order chi connectivity index (χ1) is 8.78. The molecule has 1 amide bonds. The Bertz CT molecular complexity index is 449. The summed E-state index contributed by atoms with van der Waals surface area (Å²) in [7, 11) is 0. The van der Waals surface area contributed by atoms with Crippen LogP contribution in [0.15, 0.2) is 16.7 Å². The van der Waals surface area contributed by atoms with Gasteiger partial charge in [-0.05, 0) is 42.8 Å². The molecule has 5 nitrogen and oxygen atoms in total. The van der Waals surface area contributed by atoms with Crippen molar-refractivity contribution in [3.05, 3.63) is 21.8 Å². The molecule has 0 aliphatic rings. The number of amides is 1. The number of carbonyl (C=O) groups excluding carboxylic acids is 1. The van der Waals surface area contributed by atoms with Gasteiger partial charge in [-0.1, -0.05) is 11.6 Å². The van der Waals surface area contributed by atoms with E-state index in [1.807, 2.05) is 0 Å². The number of aromatic nitrogens is 1. The molecule has 1 rings (SSSR count). The third-order valence-electron chi connectivity index (χ3n) is 1.78. The number of halogens is 2. The fourth-order valence-corrected chi connectivity index (χ4v) is 1.81. The highest BCUT2D eigenvalue weighted by Crippen LogP contribution is 2.24. The molecule has 106 valence electrons. The van der Waals surface area contributed by atoms with E-state index in [2.05, 4.69) is 26.2 Å². The number of hydrogen-bond acceptors (Lipinski definition) is 4. The minimum absolute atomic E-state index is 0.258. The zero-order chi connectivity index (χ0) is 14.5. The monoisotopic (exact) mass is 350 g/mol. The highest BCUT2D eigenvalue weighted by molar-refractivity contribution is 9.10. The van der Waals surface area contributed by atoms with Crippen molar-refractivity contribution in [2.45, 2.75) is 26.4 Å². The maximum atomic E-state index is 11.3. The second kappa shape index (κ2) is 6.96. The average molecular weight is 352 g/mol. The van der Waals surface area contributed by atoms with Gasteiger partial charge in [0.2, 0.25) is 5.88 Å². The van der Waals surface area contributed by atoms with Crippen molar-refractivity contribution in [1.29, 1.82) is 0 Å². The van der Waals surface area contributed by atoms with E-state index >= 15 is 0 Å². The van der Waals surface area contributed by atoms with Gasteiger partial charge in [-0.3, -0.25) is 0 Å². The third-order valence-corrected chi connectivity index (χ3v) is 2.49. The van der Waals surface area contributed by atoms with E-state index in [0.717, 1.165) is 4.47 Å². The van der Waals surface area contributed by atoms with Crippen molar-refractivity contribution < 1.29 is 14.3 Å². The Kier molecular flexibility index (Phi) is 5.87. The molecule has 0 aliphatic heterocycles. The maximum Gasteiger partial charge on any atom is 0.407 e. The molecule has 1 aromatic rings. The summed E-state index contributed by atoms with van der Waals surface area (Å²) in [4.78, 5) is 15.4. The smallest absolute Gasteiger partial charge is 0.407 e. The van der Waals surface area contributed by atoms with Crippen LogP contribution in [0, 0.1) is 0 Å². The first kappa shape index (κ1) is 16.0. The first-order valence-corrected chi connectivity index (χ1v) is 6.86. The van der Waals surface area contributed by atoms with E-state index in [-0.39, 0.29) is 6.61 Å². The lowest BCUT2D eigenvalue weighted by Gasteiger charge is -2.19. The molecule has 0 bridgehead atoms. The number of carbonyl (C=O) groups is 1. The summed E-state index contributed by atoms with van der Waals surface area (Å²) in [6.45, 7) is 5.97. The molecule has 1 heterocycles. The number of ether oxygens (including phenoxy) is 2. The van der Waals surface area contributed by atoms with Crippen LogP contribution in [0.1, 0.15) is 20.8 Å². The number of pyridine rings is 1. The van der Waals surface area contributed by atoms with Crippen molar-refractivity contribution in [1.82, 2.24) is 10.3 Å². The first-order valence-electron chi connectivity index (χ1n) is 5.68. The summed E-state index contributed by atoms with van der Waals surface area (Å²) in [6, 6.07) is 1.69. The lowest BCUT2D eigenvalue weighted by Crippen LogP contribution is -2.34. The molecule has 0 saturated heterocycles. The van der Waals surface area contributed by atoms with Crippen molar-refractivity contribution in [2.75, 3.05) is 13.2 Å². The molecule has 0 fully saturated rings. The predicted molar refractivity (Wildman–Crippen MR) is 76.7 cm³/mol. The number of nitrogens with zero attached hydrogens (tertiary/aromatic N) is 1. The van der Waals surface area contributed by atoms with E-state index in [4.69, 9.17) is 21.1 Å². The summed E-state index contributed by atoms with van der Waals surface area (Å²) >= 11 is 9.18. The molecular formula is C12H16BrClN2O3. The van der Waals surface area contributed by atoms with Crippen LogP contribution in [0.4, 0.5) is 4.79 Å². The zero-order valence-electron chi connectivity index (χ0n) is 11.0. The van der Waals surface area contributed by atoms with Crippen molar-refractivity contribution in [3.63, 3.8) is 0 Å². The highest BCUT2D eigenvalue weighted by Gasteiger charge is 2.15. The molecule has 0 spiro atoms. The summed E-state index contributed by atoms with van der Waals surface area (Å²) in [5.41, 5.74) is -0.512. The zero-order valence-corrected chi connectivity index (χ0v) is 13.3. The highest BCUT2D eigenvalue weighted by atomic mass is 79.9. The van der Waals surface area contributed by atoms with Gasteiger partial charge in [-0.2, -0.15) is 0 Å². The molecule has 1 aromatic heterocycles. The van der Waals surface area contributed by atoms with E-state index in [0.29, 0.717) is 17.4 Å². The molecular weight excluding hydrogens is 336 g/mol. The van der Waals surface area contributed by atoms with E-state index in [1.165, 1.54) is 0 Å². The van der Waals surface area contributed by atoms with Gasteiger partial charge in [-0.25, -0.2) is 9.78 Å². The average Bonchev–Trinajstić information content (AvgIpc) is 2.24. The van der Waals surface area contributed by atoms with Crippen molar-refractivity contribution in [2.24, 2.45) is 0 Å². The lowest BCUT2D eigenvalue weighted by molar-refractivity contribution is 0.0520. The molecule has 0 aromatic carbocycles. The molecule has 7 heteroatoms. The Morgan fingerprint density at radius 3 is 2.79 bits per heavy atom. The molecule has 0 aliphatic carbocycles. The van der Waals surface area contributed by atoms with Crippen molar-refractivity contribution in [3.8, 4) is 5.88 Å². The number of rotatable bonds is 4. The summed E-state index contributed by atoms with van der Waals surface area (Å²) in [6.07, 6.45) is 1.11. The second-order valence-electron chi connectivity index (χ2n) is 4.72. The van der Waals surface area contributed by atoms with Crippen LogP contribution < -0.4 is 10.1 Å². The third kappa shape index (κ3) is 6.63. The van der Waals surface area contributed by atoms with E-state index in [9.17, 15) is 4.79 Å². The van der Waals surface area contributed by atoms with Gasteiger partial charge in [0.15, 0.2) is 0 Å². The predicted octanol–water partition coefficient (Wildman–Crippen LogP) is 3.40. The molecule has 0 saturated carbocycles. The van der Waals surface area contributed by atoms with Crippen LogP contribution >= 0.6 is 27.5 Å². The van der Waals surface area contributed by atoms with Crippen LogP contribution in [-0.2, 0) is 4.74 Å². The van der Waals surface area contributed by atoms with Crippen LogP contribution in [0.3, 0.4) is 0 Å². The standard InChI is InChI=1S/C12H16BrClN2O3/c1-12(2,3)19-11(17)15-4-5-18-10-9(14)6-8(13)7-16-10/h6-7H,4-5H2,1-3H3,(H,15,17). The van der Waals surface area contributed by atoms with E-state index in [1.54, 1.807) is 33.0 Å². The van der Waals surface area contributed by atoms with Crippen LogP contribution in [0.25, 0.3) is 0 Å². The van der Waals surface area contributed by atoms with Crippen LogP contribution in [-0.4, -0.2) is 29.8 Å². The van der Waals surface area contributed by atoms with Crippen molar-refractivity contribution >= 4 is 33.6 Å². The Labute approximate surface area is 125 Å². The summed E-state index contributed by atoms with van der Waals surface area (Å²) in [5.74, 6) is 0.329. The van der Waals surface area contributed by atoms with Crippen LogP contribution in [0.2, 0.25) is 5.02 Å².